The molecule has 1 aromatic carbocycles. The molecule has 0 fully saturated rings. The molecule has 0 bridgehead atoms. The number of amides is 1. The normalized spacial score (nSPS) is 14.1. The van der Waals surface area contributed by atoms with Crippen LogP contribution in [-0.4, -0.2) is 28.4 Å². The highest BCUT2D eigenvalue weighted by Gasteiger charge is 2.09. The van der Waals surface area contributed by atoms with E-state index < -0.39 is 10.8 Å². The molecule has 0 saturated carbocycles. The Morgan fingerprint density at radius 1 is 1.41 bits per heavy atom. The van der Waals surface area contributed by atoms with Crippen LogP contribution < -0.4 is 5.32 Å². The summed E-state index contributed by atoms with van der Waals surface area (Å²) in [4.78, 5) is 12.2. The molecule has 1 amide bonds. The number of hydrogen-bond acceptors (Lipinski definition) is 3. The van der Waals surface area contributed by atoms with Crippen LogP contribution in [0.4, 0.5) is 0 Å². The van der Waals surface area contributed by atoms with Gasteiger partial charge in [0, 0.05) is 22.0 Å². The van der Waals surface area contributed by atoms with Gasteiger partial charge in [0.05, 0.1) is 11.8 Å². The molecular formula is C12H17NO2S2. The van der Waals surface area contributed by atoms with E-state index in [1.54, 1.807) is 6.26 Å². The molecule has 1 rings (SSSR count). The second kappa shape index (κ2) is 6.81. The number of carbonyl (C=O) groups is 1. The maximum absolute atomic E-state index is 11.4. The van der Waals surface area contributed by atoms with Crippen LogP contribution in [0.15, 0.2) is 29.2 Å². The number of carbonyl (C=O) groups excluding carboxylic acids is 1. The predicted molar refractivity (Wildman–Crippen MR) is 73.7 cm³/mol. The molecule has 0 radical (unpaired) electrons. The van der Waals surface area contributed by atoms with Gasteiger partial charge in [0.1, 0.15) is 0 Å². The number of thioether (sulfide) groups is 1. The molecule has 0 saturated heterocycles. The van der Waals surface area contributed by atoms with Gasteiger partial charge in [-0.15, -0.1) is 0 Å². The molecule has 0 aliphatic rings. The molecule has 0 aliphatic heterocycles. The minimum Gasteiger partial charge on any atom is -0.349 e. The van der Waals surface area contributed by atoms with Crippen molar-refractivity contribution in [3.8, 4) is 0 Å². The van der Waals surface area contributed by atoms with Crippen LogP contribution >= 0.6 is 11.8 Å². The van der Waals surface area contributed by atoms with E-state index >= 15 is 0 Å². The van der Waals surface area contributed by atoms with E-state index in [0.717, 1.165) is 10.5 Å². The molecular weight excluding hydrogens is 254 g/mol. The van der Waals surface area contributed by atoms with Crippen molar-refractivity contribution in [2.24, 2.45) is 0 Å². The van der Waals surface area contributed by atoms with Gasteiger partial charge in [0.2, 0.25) is 5.91 Å². The largest absolute Gasteiger partial charge is 0.349 e. The van der Waals surface area contributed by atoms with Crippen LogP contribution in [0.25, 0.3) is 0 Å². The van der Waals surface area contributed by atoms with Gasteiger partial charge in [0.25, 0.3) is 0 Å². The van der Waals surface area contributed by atoms with E-state index in [1.807, 2.05) is 37.4 Å². The first-order valence-corrected chi connectivity index (χ1v) is 8.21. The Bertz CT molecular complexity index is 403. The summed E-state index contributed by atoms with van der Waals surface area (Å²) in [5.41, 5.74) is 1.02. The molecule has 1 N–H and O–H groups in total. The van der Waals surface area contributed by atoms with Crippen LogP contribution in [0.1, 0.15) is 18.5 Å². The van der Waals surface area contributed by atoms with Crippen molar-refractivity contribution in [3.05, 3.63) is 29.8 Å². The molecule has 3 nitrogen and oxygen atoms in total. The average Bonchev–Trinajstić information content (AvgIpc) is 2.29. The SMILES string of the molecule is CSCC(=O)NC(C)c1ccc(S(C)=O)cc1. The Morgan fingerprint density at radius 2 is 2.00 bits per heavy atom. The maximum Gasteiger partial charge on any atom is 0.230 e. The minimum atomic E-state index is -0.955. The molecule has 0 aliphatic carbocycles. The number of hydrogen-bond donors (Lipinski definition) is 1. The first-order valence-electron chi connectivity index (χ1n) is 5.26. The Balaban J connectivity index is 2.66. The molecule has 0 aromatic heterocycles. The third-order valence-corrected chi connectivity index (χ3v) is 3.85. The van der Waals surface area contributed by atoms with Crippen LogP contribution in [0.5, 0.6) is 0 Å². The summed E-state index contributed by atoms with van der Waals surface area (Å²) < 4.78 is 11.2. The number of rotatable bonds is 5. The third-order valence-electron chi connectivity index (χ3n) is 2.36. The molecule has 17 heavy (non-hydrogen) atoms. The highest BCUT2D eigenvalue weighted by atomic mass is 32.2. The topological polar surface area (TPSA) is 46.2 Å². The summed E-state index contributed by atoms with van der Waals surface area (Å²) in [5.74, 6) is 0.509. The fourth-order valence-corrected chi connectivity index (χ4v) is 2.31. The fourth-order valence-electron chi connectivity index (χ4n) is 1.45. The summed E-state index contributed by atoms with van der Waals surface area (Å²) in [6.07, 6.45) is 3.55. The van der Waals surface area contributed by atoms with Gasteiger partial charge in [-0.1, -0.05) is 12.1 Å². The Hall–Kier alpha value is -0.810. The van der Waals surface area contributed by atoms with Crippen molar-refractivity contribution in [1.29, 1.82) is 0 Å². The fraction of sp³-hybridized carbons (Fsp3) is 0.417. The lowest BCUT2D eigenvalue weighted by Crippen LogP contribution is -2.28. The van der Waals surface area contributed by atoms with Crippen molar-refractivity contribution in [2.75, 3.05) is 18.3 Å². The van der Waals surface area contributed by atoms with Crippen LogP contribution in [0.2, 0.25) is 0 Å². The Kier molecular flexibility index (Phi) is 5.71. The Morgan fingerprint density at radius 3 is 2.47 bits per heavy atom. The van der Waals surface area contributed by atoms with Crippen molar-refractivity contribution in [1.82, 2.24) is 5.32 Å². The van der Waals surface area contributed by atoms with E-state index in [1.165, 1.54) is 11.8 Å². The summed E-state index contributed by atoms with van der Waals surface area (Å²) in [6, 6.07) is 7.46. The van der Waals surface area contributed by atoms with E-state index in [0.29, 0.717) is 5.75 Å². The molecule has 0 spiro atoms. The molecule has 5 heteroatoms. The summed E-state index contributed by atoms with van der Waals surface area (Å²) >= 11 is 1.50. The standard InChI is InChI=1S/C12H17NO2S2/c1-9(13-12(14)8-16-2)10-4-6-11(7-5-10)17(3)15/h4-7,9H,8H2,1-3H3,(H,13,14). The first kappa shape index (κ1) is 14.3. The van der Waals surface area contributed by atoms with Gasteiger partial charge in [-0.05, 0) is 30.9 Å². The lowest BCUT2D eigenvalue weighted by atomic mass is 10.1. The van der Waals surface area contributed by atoms with Gasteiger partial charge in [0.15, 0.2) is 0 Å². The lowest BCUT2D eigenvalue weighted by molar-refractivity contribution is -0.119. The van der Waals surface area contributed by atoms with Gasteiger partial charge in [-0.25, -0.2) is 0 Å². The Labute approximate surface area is 109 Å². The molecule has 2 atom stereocenters. The molecule has 2 unspecified atom stereocenters. The van der Waals surface area contributed by atoms with Gasteiger partial charge >= 0.3 is 0 Å². The van der Waals surface area contributed by atoms with Crippen molar-refractivity contribution < 1.29 is 9.00 Å². The summed E-state index contributed by atoms with van der Waals surface area (Å²) in [5, 5.41) is 2.91. The third kappa shape index (κ3) is 4.52. The second-order valence-electron chi connectivity index (χ2n) is 3.75. The van der Waals surface area contributed by atoms with Gasteiger partial charge < -0.3 is 5.32 Å². The van der Waals surface area contributed by atoms with Crippen LogP contribution in [-0.2, 0) is 15.6 Å². The average molecular weight is 271 g/mol. The lowest BCUT2D eigenvalue weighted by Gasteiger charge is -2.14. The first-order chi connectivity index (χ1) is 8.04. The smallest absolute Gasteiger partial charge is 0.230 e. The van der Waals surface area contributed by atoms with E-state index in [2.05, 4.69) is 5.32 Å². The van der Waals surface area contributed by atoms with Crippen molar-refractivity contribution in [2.45, 2.75) is 17.9 Å². The number of nitrogens with one attached hydrogen (secondary N) is 1. The molecule has 94 valence electrons. The quantitative estimate of drug-likeness (QED) is 0.890. The van der Waals surface area contributed by atoms with Gasteiger partial charge in [-0.2, -0.15) is 11.8 Å². The zero-order valence-corrected chi connectivity index (χ0v) is 11.9. The number of benzene rings is 1. The monoisotopic (exact) mass is 271 g/mol. The van der Waals surface area contributed by atoms with Gasteiger partial charge in [-0.3, -0.25) is 9.00 Å². The maximum atomic E-state index is 11.4. The van der Waals surface area contributed by atoms with Crippen LogP contribution in [0.3, 0.4) is 0 Å². The predicted octanol–water partition coefficient (Wildman–Crippen LogP) is 1.96. The van der Waals surface area contributed by atoms with E-state index in [9.17, 15) is 9.00 Å². The zero-order chi connectivity index (χ0) is 12.8. The minimum absolute atomic E-state index is 0.0195. The second-order valence-corrected chi connectivity index (χ2v) is 5.99. The van der Waals surface area contributed by atoms with E-state index in [-0.39, 0.29) is 11.9 Å². The molecule has 0 heterocycles. The highest BCUT2D eigenvalue weighted by Crippen LogP contribution is 2.15. The molecule has 1 aromatic rings. The van der Waals surface area contributed by atoms with Crippen molar-refractivity contribution >= 4 is 28.5 Å². The zero-order valence-electron chi connectivity index (χ0n) is 10.2. The highest BCUT2D eigenvalue weighted by molar-refractivity contribution is 7.99. The summed E-state index contributed by atoms with van der Waals surface area (Å²) in [7, 11) is -0.955. The summed E-state index contributed by atoms with van der Waals surface area (Å²) in [6.45, 7) is 1.94. The van der Waals surface area contributed by atoms with Crippen LogP contribution in [0, 0.1) is 0 Å². The van der Waals surface area contributed by atoms with Crippen molar-refractivity contribution in [3.63, 3.8) is 0 Å². The van der Waals surface area contributed by atoms with E-state index in [4.69, 9.17) is 0 Å².